The van der Waals surface area contributed by atoms with E-state index in [4.69, 9.17) is 0 Å². The molecule has 0 unspecified atom stereocenters. The van der Waals surface area contributed by atoms with Crippen molar-refractivity contribution in [2.24, 2.45) is 0 Å². The van der Waals surface area contributed by atoms with E-state index < -0.39 is 0 Å². The maximum Gasteiger partial charge on any atom is 0.122 e. The van der Waals surface area contributed by atoms with Crippen molar-refractivity contribution in [2.75, 3.05) is 0 Å². The van der Waals surface area contributed by atoms with Gasteiger partial charge in [-0.1, -0.05) is 18.2 Å². The second kappa shape index (κ2) is 5.96. The van der Waals surface area contributed by atoms with Crippen LogP contribution in [0.4, 0.5) is 0 Å². The number of hydrogen-bond acceptors (Lipinski definition) is 1. The van der Waals surface area contributed by atoms with Gasteiger partial charge in [-0.15, -0.1) is 19.7 Å². The minimum Gasteiger partial charge on any atom is -0.507 e. The van der Waals surface area contributed by atoms with Crippen molar-refractivity contribution in [1.29, 1.82) is 0 Å². The first kappa shape index (κ1) is 12.3. The van der Waals surface area contributed by atoms with Gasteiger partial charge in [-0.25, -0.2) is 0 Å². The van der Waals surface area contributed by atoms with E-state index in [0.29, 0.717) is 25.0 Å². The molecule has 0 aliphatic carbocycles. The Labute approximate surface area is 97.4 Å². The average Bonchev–Trinajstić information content (AvgIpc) is 2.28. The molecule has 0 spiro atoms. The molecule has 1 rings (SSSR count). The fraction of sp³-hybridized carbons (Fsp3) is 0.200. The summed E-state index contributed by atoms with van der Waals surface area (Å²) in [6, 6.07) is 5.01. The Hall–Kier alpha value is -1.76. The van der Waals surface area contributed by atoms with Gasteiger partial charge in [0.2, 0.25) is 0 Å². The number of hydrogen-bond donors (Lipinski definition) is 1. The molecule has 0 atom stereocenters. The Morgan fingerprint density at radius 1 is 1.06 bits per heavy atom. The summed E-state index contributed by atoms with van der Waals surface area (Å²) in [5, 5.41) is 10.1. The molecule has 1 nitrogen and oxygen atoms in total. The average molecular weight is 213 g/mol. The van der Waals surface area contributed by atoms with Crippen LogP contribution in [-0.4, -0.2) is 5.11 Å². The molecule has 0 saturated carbocycles. The maximum atomic E-state index is 10.1. The second-order valence-corrected chi connectivity index (χ2v) is 3.60. The van der Waals surface area contributed by atoms with Gasteiger partial charge in [-0.3, -0.25) is 0 Å². The normalized spacial score (nSPS) is 9.75. The standard InChI is InChI=1S/C15H17O/c1-4-7-12-10-11-13(8-5-2)15(16)14(12)9-6-3/h4-6,11,16H,1-3,7-9H2. The van der Waals surface area contributed by atoms with Gasteiger partial charge >= 0.3 is 0 Å². The zero-order chi connectivity index (χ0) is 12.0. The lowest BCUT2D eigenvalue weighted by Gasteiger charge is -2.11. The molecule has 0 aromatic heterocycles. The molecule has 1 radical (unpaired) electrons. The summed E-state index contributed by atoms with van der Waals surface area (Å²) in [5.41, 5.74) is 2.74. The van der Waals surface area contributed by atoms with Crippen LogP contribution in [0.3, 0.4) is 0 Å². The van der Waals surface area contributed by atoms with Gasteiger partial charge in [0.05, 0.1) is 0 Å². The highest BCUT2D eigenvalue weighted by molar-refractivity contribution is 5.47. The van der Waals surface area contributed by atoms with Crippen molar-refractivity contribution >= 4 is 0 Å². The molecule has 1 heteroatoms. The molecule has 0 aliphatic heterocycles. The molecule has 16 heavy (non-hydrogen) atoms. The van der Waals surface area contributed by atoms with Crippen LogP contribution in [0.25, 0.3) is 0 Å². The molecule has 0 fully saturated rings. The molecule has 0 saturated heterocycles. The van der Waals surface area contributed by atoms with Crippen LogP contribution in [0.5, 0.6) is 5.75 Å². The molecule has 1 aromatic rings. The summed E-state index contributed by atoms with van der Waals surface area (Å²) in [6.45, 7) is 11.1. The summed E-state index contributed by atoms with van der Waals surface area (Å²) in [6.07, 6.45) is 7.38. The summed E-state index contributed by atoms with van der Waals surface area (Å²) in [4.78, 5) is 0. The third-order valence-electron chi connectivity index (χ3n) is 2.44. The Kier molecular flexibility index (Phi) is 4.59. The topological polar surface area (TPSA) is 20.2 Å². The maximum absolute atomic E-state index is 10.1. The van der Waals surface area contributed by atoms with E-state index in [2.05, 4.69) is 25.8 Å². The Morgan fingerprint density at radius 3 is 2.25 bits per heavy atom. The van der Waals surface area contributed by atoms with Crippen molar-refractivity contribution in [2.45, 2.75) is 19.3 Å². The summed E-state index contributed by atoms with van der Waals surface area (Å²) < 4.78 is 0. The predicted octanol–water partition coefficient (Wildman–Crippen LogP) is 3.38. The van der Waals surface area contributed by atoms with Crippen LogP contribution in [0.2, 0.25) is 0 Å². The van der Waals surface area contributed by atoms with Gasteiger partial charge in [0.25, 0.3) is 0 Å². The first-order valence-corrected chi connectivity index (χ1v) is 5.31. The number of aromatic hydroxyl groups is 1. The molecule has 1 aromatic carbocycles. The van der Waals surface area contributed by atoms with E-state index in [1.165, 1.54) is 0 Å². The largest absolute Gasteiger partial charge is 0.507 e. The van der Waals surface area contributed by atoms with E-state index in [1.54, 1.807) is 12.2 Å². The Morgan fingerprint density at radius 2 is 1.69 bits per heavy atom. The SMILES string of the molecule is C=CCc1[c]cc(CC=C)c(O)c1CC=C. The minimum absolute atomic E-state index is 0.343. The third kappa shape index (κ3) is 2.63. The molecular formula is C15H17O. The van der Waals surface area contributed by atoms with Gasteiger partial charge in [-0.05, 0) is 42.5 Å². The summed E-state index contributed by atoms with van der Waals surface area (Å²) >= 11 is 0. The zero-order valence-corrected chi connectivity index (χ0v) is 9.50. The molecule has 83 valence electrons. The lowest BCUT2D eigenvalue weighted by Crippen LogP contribution is -1.96. The molecule has 1 N–H and O–H groups in total. The van der Waals surface area contributed by atoms with Crippen molar-refractivity contribution in [3.8, 4) is 5.75 Å². The fourth-order valence-electron chi connectivity index (χ4n) is 1.67. The minimum atomic E-state index is 0.343. The van der Waals surface area contributed by atoms with Gasteiger partial charge in [0.1, 0.15) is 5.75 Å². The monoisotopic (exact) mass is 213 g/mol. The molecule has 0 bridgehead atoms. The van der Waals surface area contributed by atoms with Crippen LogP contribution < -0.4 is 0 Å². The molecule has 0 aliphatic rings. The van der Waals surface area contributed by atoms with E-state index in [9.17, 15) is 5.11 Å². The predicted molar refractivity (Wildman–Crippen MR) is 68.6 cm³/mol. The second-order valence-electron chi connectivity index (χ2n) is 3.60. The highest BCUT2D eigenvalue weighted by Gasteiger charge is 2.10. The highest BCUT2D eigenvalue weighted by Crippen LogP contribution is 2.27. The Bertz CT molecular complexity index is 402. The number of rotatable bonds is 6. The molecule has 0 heterocycles. The lowest BCUT2D eigenvalue weighted by molar-refractivity contribution is 0.463. The first-order chi connectivity index (χ1) is 7.74. The van der Waals surface area contributed by atoms with Crippen LogP contribution in [0, 0.1) is 6.07 Å². The van der Waals surface area contributed by atoms with Gasteiger partial charge in [-0.2, -0.15) is 0 Å². The quantitative estimate of drug-likeness (QED) is 0.718. The summed E-state index contributed by atoms with van der Waals surface area (Å²) in [5.74, 6) is 0.343. The zero-order valence-electron chi connectivity index (χ0n) is 9.50. The van der Waals surface area contributed by atoms with Gasteiger partial charge in [0, 0.05) is 5.56 Å². The number of phenols is 1. The lowest BCUT2D eigenvalue weighted by atomic mass is 9.96. The van der Waals surface area contributed by atoms with Crippen molar-refractivity contribution < 1.29 is 5.11 Å². The summed E-state index contributed by atoms with van der Waals surface area (Å²) in [7, 11) is 0. The number of allylic oxidation sites excluding steroid dienone is 3. The van der Waals surface area contributed by atoms with Crippen molar-refractivity contribution in [1.82, 2.24) is 0 Å². The number of benzene rings is 1. The molecular weight excluding hydrogens is 196 g/mol. The van der Waals surface area contributed by atoms with Gasteiger partial charge < -0.3 is 5.11 Å². The van der Waals surface area contributed by atoms with E-state index in [1.807, 2.05) is 12.1 Å². The highest BCUT2D eigenvalue weighted by atomic mass is 16.3. The van der Waals surface area contributed by atoms with E-state index in [-0.39, 0.29) is 0 Å². The van der Waals surface area contributed by atoms with Crippen molar-refractivity contribution in [3.05, 3.63) is 66.8 Å². The van der Waals surface area contributed by atoms with E-state index in [0.717, 1.165) is 16.7 Å². The smallest absolute Gasteiger partial charge is 0.122 e. The van der Waals surface area contributed by atoms with Crippen LogP contribution in [0.1, 0.15) is 16.7 Å². The fourth-order valence-corrected chi connectivity index (χ4v) is 1.67. The van der Waals surface area contributed by atoms with Crippen molar-refractivity contribution in [3.63, 3.8) is 0 Å². The van der Waals surface area contributed by atoms with Crippen LogP contribution in [-0.2, 0) is 19.3 Å². The molecule has 0 amide bonds. The van der Waals surface area contributed by atoms with Gasteiger partial charge in [0.15, 0.2) is 0 Å². The van der Waals surface area contributed by atoms with Crippen LogP contribution >= 0.6 is 0 Å². The first-order valence-electron chi connectivity index (χ1n) is 5.31. The van der Waals surface area contributed by atoms with E-state index >= 15 is 0 Å². The van der Waals surface area contributed by atoms with Crippen LogP contribution in [0.15, 0.2) is 44.0 Å². The Balaban J connectivity index is 3.22. The number of phenolic OH excluding ortho intramolecular Hbond substituents is 1. The third-order valence-corrected chi connectivity index (χ3v) is 2.44.